The van der Waals surface area contributed by atoms with Crippen molar-refractivity contribution in [3.63, 3.8) is 0 Å². The van der Waals surface area contributed by atoms with Crippen molar-refractivity contribution < 1.29 is 18.7 Å². The van der Waals surface area contributed by atoms with E-state index in [1.807, 2.05) is 18.2 Å². The van der Waals surface area contributed by atoms with Crippen LogP contribution in [0.25, 0.3) is 0 Å². The van der Waals surface area contributed by atoms with Gasteiger partial charge in [-0.25, -0.2) is 4.39 Å². The molecule has 4 nitrogen and oxygen atoms in total. The molecule has 0 saturated carbocycles. The normalized spacial score (nSPS) is 11.6. The van der Waals surface area contributed by atoms with Gasteiger partial charge < -0.3 is 10.1 Å². The van der Waals surface area contributed by atoms with E-state index in [4.69, 9.17) is 16.3 Å². The predicted molar refractivity (Wildman–Crippen MR) is 98.2 cm³/mol. The Morgan fingerprint density at radius 1 is 1.20 bits per heavy atom. The maximum Gasteiger partial charge on any atom is 0.316 e. The standard InChI is InChI=1S/C18H17ClFNO3S/c1-12(18(23)21-15-8-6-14(20)7-9-15)24-17(22)11-25-10-13-4-2-3-5-16(13)19/h2-9,12H,10-11H2,1H3,(H,21,23)/t12-/m0/s1. The first-order valence-corrected chi connectivity index (χ1v) is 9.06. The number of hydrogen-bond donors (Lipinski definition) is 1. The molecule has 0 spiro atoms. The van der Waals surface area contributed by atoms with Gasteiger partial charge >= 0.3 is 5.97 Å². The molecule has 132 valence electrons. The number of benzene rings is 2. The fraction of sp³-hybridized carbons (Fsp3) is 0.222. The van der Waals surface area contributed by atoms with Crippen LogP contribution in [0.3, 0.4) is 0 Å². The molecule has 0 aliphatic carbocycles. The van der Waals surface area contributed by atoms with Crippen molar-refractivity contribution in [1.29, 1.82) is 0 Å². The van der Waals surface area contributed by atoms with Crippen LogP contribution in [0.2, 0.25) is 5.02 Å². The zero-order valence-electron chi connectivity index (χ0n) is 13.5. The van der Waals surface area contributed by atoms with Crippen LogP contribution in [0.5, 0.6) is 0 Å². The van der Waals surface area contributed by atoms with Gasteiger partial charge in [0, 0.05) is 16.5 Å². The fourth-order valence-electron chi connectivity index (χ4n) is 1.92. The van der Waals surface area contributed by atoms with Crippen molar-refractivity contribution in [2.45, 2.75) is 18.8 Å². The van der Waals surface area contributed by atoms with Gasteiger partial charge in [-0.1, -0.05) is 29.8 Å². The number of ether oxygens (including phenoxy) is 1. The molecule has 0 bridgehead atoms. The Morgan fingerprint density at radius 2 is 1.88 bits per heavy atom. The molecule has 2 rings (SSSR count). The molecule has 0 saturated heterocycles. The molecule has 0 unspecified atom stereocenters. The van der Waals surface area contributed by atoms with Crippen LogP contribution in [0.1, 0.15) is 12.5 Å². The van der Waals surface area contributed by atoms with E-state index >= 15 is 0 Å². The van der Waals surface area contributed by atoms with Crippen molar-refractivity contribution in [2.75, 3.05) is 11.1 Å². The third-order valence-corrected chi connectivity index (χ3v) is 4.55. The minimum atomic E-state index is -0.946. The lowest BCUT2D eigenvalue weighted by Crippen LogP contribution is -2.30. The average Bonchev–Trinajstić information content (AvgIpc) is 2.58. The van der Waals surface area contributed by atoms with Gasteiger partial charge in [-0.2, -0.15) is 0 Å². The van der Waals surface area contributed by atoms with Gasteiger partial charge in [-0.15, -0.1) is 11.8 Å². The molecule has 7 heteroatoms. The highest BCUT2D eigenvalue weighted by molar-refractivity contribution is 7.99. The van der Waals surface area contributed by atoms with Crippen LogP contribution in [0.15, 0.2) is 48.5 Å². The number of nitrogens with one attached hydrogen (secondary N) is 1. The van der Waals surface area contributed by atoms with Crippen molar-refractivity contribution in [2.24, 2.45) is 0 Å². The first-order chi connectivity index (χ1) is 12.0. The Balaban J connectivity index is 1.74. The van der Waals surface area contributed by atoms with E-state index in [1.54, 1.807) is 6.07 Å². The van der Waals surface area contributed by atoms with Crippen LogP contribution in [-0.4, -0.2) is 23.7 Å². The Labute approximate surface area is 154 Å². The number of thioether (sulfide) groups is 1. The molecule has 1 N–H and O–H groups in total. The summed E-state index contributed by atoms with van der Waals surface area (Å²) in [4.78, 5) is 23.8. The Hall–Kier alpha value is -2.05. The highest BCUT2D eigenvalue weighted by Crippen LogP contribution is 2.20. The Bertz CT molecular complexity index is 739. The van der Waals surface area contributed by atoms with Gasteiger partial charge in [-0.05, 0) is 42.8 Å². The summed E-state index contributed by atoms with van der Waals surface area (Å²) < 4.78 is 17.9. The molecule has 0 heterocycles. The average molecular weight is 382 g/mol. The first-order valence-electron chi connectivity index (χ1n) is 7.53. The summed E-state index contributed by atoms with van der Waals surface area (Å²) >= 11 is 7.40. The zero-order chi connectivity index (χ0) is 18.2. The van der Waals surface area contributed by atoms with Crippen molar-refractivity contribution >= 4 is 40.9 Å². The Kier molecular flexibility index (Phi) is 7.28. The van der Waals surface area contributed by atoms with Crippen molar-refractivity contribution in [3.05, 3.63) is 64.9 Å². The zero-order valence-corrected chi connectivity index (χ0v) is 15.1. The van der Waals surface area contributed by atoms with Crippen LogP contribution in [0, 0.1) is 5.82 Å². The smallest absolute Gasteiger partial charge is 0.316 e. The highest BCUT2D eigenvalue weighted by Gasteiger charge is 2.18. The van der Waals surface area contributed by atoms with E-state index in [-0.39, 0.29) is 5.75 Å². The van der Waals surface area contributed by atoms with Gasteiger partial charge in [0.1, 0.15) is 5.82 Å². The van der Waals surface area contributed by atoms with Crippen LogP contribution in [-0.2, 0) is 20.1 Å². The largest absolute Gasteiger partial charge is 0.452 e. The number of hydrogen-bond acceptors (Lipinski definition) is 4. The van der Waals surface area contributed by atoms with Crippen LogP contribution in [0.4, 0.5) is 10.1 Å². The van der Waals surface area contributed by atoms with E-state index in [1.165, 1.54) is 43.0 Å². The number of esters is 1. The minimum absolute atomic E-state index is 0.111. The van der Waals surface area contributed by atoms with Crippen LogP contribution < -0.4 is 5.32 Å². The molecule has 0 aliphatic rings. The lowest BCUT2D eigenvalue weighted by Gasteiger charge is -2.13. The summed E-state index contributed by atoms with van der Waals surface area (Å²) in [6, 6.07) is 12.7. The van der Waals surface area contributed by atoms with Gasteiger partial charge in [0.2, 0.25) is 0 Å². The third kappa shape index (κ3) is 6.40. The minimum Gasteiger partial charge on any atom is -0.452 e. The second-order valence-corrected chi connectivity index (χ2v) is 6.61. The molecule has 2 aromatic carbocycles. The number of anilines is 1. The summed E-state index contributed by atoms with van der Waals surface area (Å²) in [6.45, 7) is 1.48. The molecule has 0 aromatic heterocycles. The summed E-state index contributed by atoms with van der Waals surface area (Å²) in [6.07, 6.45) is -0.946. The molecule has 25 heavy (non-hydrogen) atoms. The maximum absolute atomic E-state index is 12.8. The fourth-order valence-corrected chi connectivity index (χ4v) is 3.01. The molecule has 2 aromatic rings. The number of halogens is 2. The SMILES string of the molecule is C[C@H](OC(=O)CSCc1ccccc1Cl)C(=O)Nc1ccc(F)cc1. The van der Waals surface area contributed by atoms with Crippen molar-refractivity contribution in [3.8, 4) is 0 Å². The molecule has 0 aliphatic heterocycles. The number of carbonyl (C=O) groups excluding carboxylic acids is 2. The molecule has 0 radical (unpaired) electrons. The van der Waals surface area contributed by atoms with Crippen LogP contribution >= 0.6 is 23.4 Å². The summed E-state index contributed by atoms with van der Waals surface area (Å²) in [5.74, 6) is -0.674. The summed E-state index contributed by atoms with van der Waals surface area (Å²) in [5.41, 5.74) is 1.37. The topological polar surface area (TPSA) is 55.4 Å². The maximum atomic E-state index is 12.8. The molecule has 1 atom stereocenters. The quantitative estimate of drug-likeness (QED) is 0.727. The Morgan fingerprint density at radius 3 is 2.56 bits per heavy atom. The lowest BCUT2D eigenvalue weighted by atomic mass is 10.2. The van der Waals surface area contributed by atoms with E-state index < -0.39 is 23.8 Å². The monoisotopic (exact) mass is 381 g/mol. The van der Waals surface area contributed by atoms with Gasteiger partial charge in [0.05, 0.1) is 5.75 Å². The predicted octanol–water partition coefficient (Wildman–Crippen LogP) is 4.28. The second-order valence-electron chi connectivity index (χ2n) is 5.21. The molecular weight excluding hydrogens is 365 g/mol. The van der Waals surface area contributed by atoms with Gasteiger partial charge in [0.25, 0.3) is 5.91 Å². The molecule has 0 fully saturated rings. The van der Waals surface area contributed by atoms with E-state index in [2.05, 4.69) is 5.32 Å². The van der Waals surface area contributed by atoms with Gasteiger partial charge in [0.15, 0.2) is 6.10 Å². The number of carbonyl (C=O) groups is 2. The second kappa shape index (κ2) is 9.44. The third-order valence-electron chi connectivity index (χ3n) is 3.22. The molecule has 1 amide bonds. The molecular formula is C18H17ClFNO3S. The van der Waals surface area contributed by atoms with E-state index in [0.717, 1.165) is 5.56 Å². The van der Waals surface area contributed by atoms with E-state index in [0.29, 0.717) is 16.5 Å². The summed E-state index contributed by atoms with van der Waals surface area (Å²) in [5, 5.41) is 3.21. The first kappa shape index (κ1) is 19.3. The summed E-state index contributed by atoms with van der Waals surface area (Å²) in [7, 11) is 0. The number of amides is 1. The van der Waals surface area contributed by atoms with E-state index in [9.17, 15) is 14.0 Å². The van der Waals surface area contributed by atoms with Crippen molar-refractivity contribution in [1.82, 2.24) is 0 Å². The highest BCUT2D eigenvalue weighted by atomic mass is 35.5. The number of rotatable bonds is 7. The van der Waals surface area contributed by atoms with Gasteiger partial charge in [-0.3, -0.25) is 9.59 Å². The lowest BCUT2D eigenvalue weighted by molar-refractivity contribution is -0.150.